The predicted octanol–water partition coefficient (Wildman–Crippen LogP) is 1.90. The summed E-state index contributed by atoms with van der Waals surface area (Å²) >= 11 is 8.31. The van der Waals surface area contributed by atoms with Crippen LogP contribution in [0.25, 0.3) is 0 Å². The summed E-state index contributed by atoms with van der Waals surface area (Å²) in [6.45, 7) is 2.69. The first-order valence-corrected chi connectivity index (χ1v) is 7.59. The molecule has 0 amide bonds. The maximum Gasteiger partial charge on any atom is 0.241 e. The molecule has 0 heterocycles. The molecule has 0 rings (SSSR count). The monoisotopic (exact) mass is 330 g/mol. The minimum atomic E-state index is -2.69. The molecule has 0 aliphatic rings. The van der Waals surface area contributed by atoms with Gasteiger partial charge in [0.2, 0.25) is 5.69 Å². The van der Waals surface area contributed by atoms with Gasteiger partial charge in [-0.2, -0.15) is 0 Å². The Bertz CT molecular complexity index is 142. The standard InChI is InChI=1S/C6H15O2PS2.Mo.H2O/c1-2-3-4-5-6-8-9(7,10)11;;/h2-6H2,1H3,(H2,7,10,11);;1H2. The first-order valence-electron chi connectivity index (χ1n) is 3.76. The number of unbranched alkanes of at least 4 members (excludes halogenated alkanes) is 3. The van der Waals surface area contributed by atoms with Crippen LogP contribution in [0.1, 0.15) is 32.6 Å². The molecule has 7 heteroatoms. The van der Waals surface area contributed by atoms with Gasteiger partial charge >= 0.3 is 0 Å². The van der Waals surface area contributed by atoms with Crippen LogP contribution in [-0.4, -0.2) is 17.0 Å². The van der Waals surface area contributed by atoms with E-state index >= 15 is 0 Å². The van der Waals surface area contributed by atoms with E-state index in [2.05, 4.69) is 31.0 Å². The van der Waals surface area contributed by atoms with Crippen LogP contribution in [0, 0.1) is 0 Å². The first-order chi connectivity index (χ1) is 5.06. The zero-order valence-corrected chi connectivity index (χ0v) is 12.2. The topological polar surface area (TPSA) is 61.0 Å². The van der Waals surface area contributed by atoms with E-state index in [4.69, 9.17) is 9.42 Å². The van der Waals surface area contributed by atoms with Gasteiger partial charge in [-0.1, -0.05) is 38.4 Å². The van der Waals surface area contributed by atoms with Gasteiger partial charge in [0.25, 0.3) is 0 Å². The molecule has 3 nitrogen and oxygen atoms in total. The van der Waals surface area contributed by atoms with Gasteiger partial charge in [-0.05, 0) is 18.2 Å². The Labute approximate surface area is 105 Å². The molecule has 13 heavy (non-hydrogen) atoms. The van der Waals surface area contributed by atoms with E-state index in [1.807, 2.05) is 0 Å². The Hall–Kier alpha value is 1.57. The maximum atomic E-state index is 8.94. The van der Waals surface area contributed by atoms with Crippen LogP contribution in [0.2, 0.25) is 0 Å². The van der Waals surface area contributed by atoms with Crippen LogP contribution in [0.5, 0.6) is 0 Å². The van der Waals surface area contributed by atoms with E-state index in [1.54, 1.807) is 0 Å². The van der Waals surface area contributed by atoms with E-state index in [0.717, 1.165) is 12.8 Å². The van der Waals surface area contributed by atoms with Gasteiger partial charge in [0.1, 0.15) is 0 Å². The Morgan fingerprint density at radius 3 is 2.31 bits per heavy atom. The van der Waals surface area contributed by atoms with Crippen molar-refractivity contribution in [3.05, 3.63) is 0 Å². The quantitative estimate of drug-likeness (QED) is 0.339. The van der Waals surface area contributed by atoms with Crippen molar-refractivity contribution >= 4 is 29.7 Å². The molecule has 0 aliphatic carbocycles. The minimum absolute atomic E-state index is 0. The third kappa shape index (κ3) is 19.8. The molecule has 0 saturated heterocycles. The molecule has 1 unspecified atom stereocenters. The fourth-order valence-electron chi connectivity index (χ4n) is 0.712. The number of thiol groups is 1. The van der Waals surface area contributed by atoms with Gasteiger partial charge in [0, 0.05) is 21.1 Å². The van der Waals surface area contributed by atoms with E-state index < -0.39 is 5.69 Å². The second-order valence-electron chi connectivity index (χ2n) is 2.38. The second kappa shape index (κ2) is 11.6. The summed E-state index contributed by atoms with van der Waals surface area (Å²) in [6, 6.07) is 0. The second-order valence-corrected chi connectivity index (χ2v) is 7.55. The van der Waals surface area contributed by atoms with E-state index in [-0.39, 0.29) is 26.5 Å². The minimum Gasteiger partial charge on any atom is -0.412 e. The largest absolute Gasteiger partial charge is 0.412 e. The molecule has 0 aromatic rings. The maximum absolute atomic E-state index is 8.94. The van der Waals surface area contributed by atoms with Crippen molar-refractivity contribution in [2.45, 2.75) is 32.6 Å². The van der Waals surface area contributed by atoms with Crippen molar-refractivity contribution in [2.75, 3.05) is 6.61 Å². The molecular weight excluding hydrogens is 311 g/mol. The van der Waals surface area contributed by atoms with Crippen molar-refractivity contribution in [3.63, 3.8) is 0 Å². The van der Waals surface area contributed by atoms with Crippen LogP contribution >= 0.6 is 17.9 Å². The average molecular weight is 328 g/mol. The molecule has 0 aromatic carbocycles. The molecule has 82 valence electrons. The van der Waals surface area contributed by atoms with Crippen molar-refractivity contribution in [3.8, 4) is 0 Å². The number of hydrogen-bond acceptors (Lipinski definition) is 2. The summed E-state index contributed by atoms with van der Waals surface area (Å²) in [7, 11) is 0. The Morgan fingerprint density at radius 2 is 1.92 bits per heavy atom. The average Bonchev–Trinajstić information content (AvgIpc) is 1.85. The summed E-state index contributed by atoms with van der Waals surface area (Å²) in [5, 5.41) is 0. The molecule has 3 N–H and O–H groups in total. The predicted molar refractivity (Wildman–Crippen MR) is 59.2 cm³/mol. The van der Waals surface area contributed by atoms with Crippen molar-refractivity contribution in [1.82, 2.24) is 0 Å². The number of rotatable bonds is 6. The zero-order valence-electron chi connectivity index (χ0n) is 7.60. The molecule has 0 spiro atoms. The summed E-state index contributed by atoms with van der Waals surface area (Å²) in [4.78, 5) is 8.94. The molecule has 0 saturated carbocycles. The summed E-state index contributed by atoms with van der Waals surface area (Å²) < 4.78 is 4.92. The van der Waals surface area contributed by atoms with Crippen LogP contribution < -0.4 is 0 Å². The van der Waals surface area contributed by atoms with Gasteiger partial charge in [-0.3, -0.25) is 0 Å². The molecule has 0 fully saturated rings. The van der Waals surface area contributed by atoms with E-state index in [0.29, 0.717) is 6.61 Å². The summed E-state index contributed by atoms with van der Waals surface area (Å²) in [5.74, 6) is 0. The van der Waals surface area contributed by atoms with Gasteiger partial charge in [-0.25, -0.2) is 0 Å². The van der Waals surface area contributed by atoms with Crippen molar-refractivity contribution < 1.29 is 36.0 Å². The van der Waals surface area contributed by atoms with E-state index in [9.17, 15) is 0 Å². The van der Waals surface area contributed by atoms with Crippen LogP contribution in [-0.2, 0) is 37.4 Å². The van der Waals surface area contributed by atoms with Gasteiger partial charge in [-0.15, -0.1) is 0 Å². The molecule has 0 aliphatic heterocycles. The Morgan fingerprint density at radius 1 is 1.38 bits per heavy atom. The van der Waals surface area contributed by atoms with E-state index in [1.165, 1.54) is 12.8 Å². The fraction of sp³-hybridized carbons (Fsp3) is 1.00. The summed E-state index contributed by atoms with van der Waals surface area (Å²) in [6.07, 6.45) is 4.52. The normalized spacial score (nSPS) is 13.8. The van der Waals surface area contributed by atoms with Crippen LogP contribution in [0.4, 0.5) is 0 Å². The zero-order chi connectivity index (χ0) is 8.74. The molecular formula is C6H17MoO3PS2. The third-order valence-corrected chi connectivity index (χ3v) is 2.44. The van der Waals surface area contributed by atoms with Gasteiger partial charge in [0.15, 0.2) is 0 Å². The van der Waals surface area contributed by atoms with Crippen LogP contribution in [0.3, 0.4) is 0 Å². The molecule has 0 aromatic heterocycles. The van der Waals surface area contributed by atoms with Crippen molar-refractivity contribution in [1.29, 1.82) is 0 Å². The Balaban J connectivity index is -0.000000500. The Kier molecular flexibility index (Phi) is 17.9. The third-order valence-electron chi connectivity index (χ3n) is 1.26. The van der Waals surface area contributed by atoms with Gasteiger partial charge in [0.05, 0.1) is 6.61 Å². The fourth-order valence-corrected chi connectivity index (χ4v) is 1.55. The molecule has 0 radical (unpaired) electrons. The SMILES string of the molecule is CCCCCCOP(O)(=S)S.O.[Mo]. The van der Waals surface area contributed by atoms with Crippen molar-refractivity contribution in [2.24, 2.45) is 0 Å². The molecule has 1 atom stereocenters. The van der Waals surface area contributed by atoms with Gasteiger partial charge < -0.3 is 14.9 Å². The smallest absolute Gasteiger partial charge is 0.241 e. The molecule has 0 bridgehead atoms. The first kappa shape index (κ1) is 20.0. The van der Waals surface area contributed by atoms with Crippen LogP contribution in [0.15, 0.2) is 0 Å². The summed E-state index contributed by atoms with van der Waals surface area (Å²) in [5.41, 5.74) is -2.69. The number of hydrogen-bond donors (Lipinski definition) is 2.